The van der Waals surface area contributed by atoms with Crippen molar-refractivity contribution in [2.75, 3.05) is 0 Å². The molecule has 2 nitrogen and oxygen atoms in total. The summed E-state index contributed by atoms with van der Waals surface area (Å²) in [6, 6.07) is 0. The minimum atomic E-state index is -0.226. The van der Waals surface area contributed by atoms with Gasteiger partial charge >= 0.3 is 0 Å². The quantitative estimate of drug-likeness (QED) is 0.424. The first-order chi connectivity index (χ1) is 8.83. The maximum atomic E-state index is 10.3. The first-order valence-electron chi connectivity index (χ1n) is 7.83. The number of aliphatic hydroxyl groups excluding tert-OH is 1. The second-order valence-corrected chi connectivity index (χ2v) is 5.88. The third-order valence-electron chi connectivity index (χ3n) is 4.33. The van der Waals surface area contributed by atoms with Crippen molar-refractivity contribution >= 4 is 0 Å². The van der Waals surface area contributed by atoms with Crippen LogP contribution in [-0.4, -0.2) is 23.4 Å². The van der Waals surface area contributed by atoms with Gasteiger partial charge in [-0.2, -0.15) is 0 Å². The molecule has 1 saturated carbocycles. The Morgan fingerprint density at radius 3 is 2.72 bits per heavy atom. The van der Waals surface area contributed by atoms with Crippen LogP contribution in [0.5, 0.6) is 0 Å². The van der Waals surface area contributed by atoms with E-state index in [0.717, 1.165) is 6.42 Å². The summed E-state index contributed by atoms with van der Waals surface area (Å²) in [7, 11) is 0. The molecule has 1 heterocycles. The average Bonchev–Trinajstić information content (AvgIpc) is 3.18. The molecular weight excluding hydrogens is 224 g/mol. The van der Waals surface area contributed by atoms with Crippen LogP contribution in [0.25, 0.3) is 0 Å². The summed E-state index contributed by atoms with van der Waals surface area (Å²) in [6.45, 7) is 2.23. The van der Waals surface area contributed by atoms with Gasteiger partial charge in [0.05, 0.1) is 6.10 Å². The summed E-state index contributed by atoms with van der Waals surface area (Å²) in [5.74, 6) is 0.488. The summed E-state index contributed by atoms with van der Waals surface area (Å²) < 4.78 is 5.60. The van der Waals surface area contributed by atoms with Gasteiger partial charge < -0.3 is 9.84 Å². The van der Waals surface area contributed by atoms with E-state index in [-0.39, 0.29) is 18.3 Å². The van der Waals surface area contributed by atoms with Gasteiger partial charge in [-0.1, -0.05) is 51.2 Å². The highest BCUT2D eigenvalue weighted by Crippen LogP contribution is 2.36. The molecule has 0 spiro atoms. The highest BCUT2D eigenvalue weighted by Gasteiger charge is 2.45. The number of hydrogen-bond donors (Lipinski definition) is 1. The number of aliphatic hydroxyl groups is 1. The molecule has 1 saturated heterocycles. The third kappa shape index (κ3) is 4.10. The van der Waals surface area contributed by atoms with Gasteiger partial charge in [-0.3, -0.25) is 0 Å². The molecule has 2 aliphatic rings. The van der Waals surface area contributed by atoms with Gasteiger partial charge in [0.2, 0.25) is 0 Å². The molecule has 0 amide bonds. The molecule has 0 bridgehead atoms. The first kappa shape index (κ1) is 14.1. The van der Waals surface area contributed by atoms with Crippen molar-refractivity contribution in [2.45, 2.75) is 83.0 Å². The lowest BCUT2D eigenvalue weighted by molar-refractivity contribution is 0.0586. The monoisotopic (exact) mass is 252 g/mol. The lowest BCUT2D eigenvalue weighted by Crippen LogP contribution is -2.28. The molecule has 0 aromatic rings. The largest absolute Gasteiger partial charge is 0.390 e. The summed E-state index contributed by atoms with van der Waals surface area (Å²) in [6.07, 6.45) is 15.8. The van der Waals surface area contributed by atoms with Gasteiger partial charge in [0, 0.05) is 0 Å². The second-order valence-electron chi connectivity index (χ2n) is 5.88. The summed E-state index contributed by atoms with van der Waals surface area (Å²) in [5, 5.41) is 10.3. The molecule has 104 valence electrons. The van der Waals surface area contributed by atoms with Crippen LogP contribution in [0.4, 0.5) is 0 Å². The minimum absolute atomic E-state index is 0.0931. The SMILES string of the molecule is CCCCC/C=C/[C@H]1O[C@H]1[C@H](O)C1CCCCC1. The van der Waals surface area contributed by atoms with E-state index in [1.165, 1.54) is 51.4 Å². The zero-order chi connectivity index (χ0) is 12.8. The fourth-order valence-corrected chi connectivity index (χ4v) is 3.05. The molecule has 1 N–H and O–H groups in total. The average molecular weight is 252 g/mol. The Kier molecular flexibility index (Phi) is 5.71. The summed E-state index contributed by atoms with van der Waals surface area (Å²) in [4.78, 5) is 0. The highest BCUT2D eigenvalue weighted by atomic mass is 16.6. The Hall–Kier alpha value is -0.340. The molecule has 0 unspecified atom stereocenters. The maximum Gasteiger partial charge on any atom is 0.114 e. The number of hydrogen-bond acceptors (Lipinski definition) is 2. The van der Waals surface area contributed by atoms with E-state index >= 15 is 0 Å². The summed E-state index contributed by atoms with van der Waals surface area (Å²) >= 11 is 0. The van der Waals surface area contributed by atoms with Gasteiger partial charge in [0.1, 0.15) is 12.2 Å². The number of ether oxygens (including phenoxy) is 1. The zero-order valence-corrected chi connectivity index (χ0v) is 11.7. The highest BCUT2D eigenvalue weighted by molar-refractivity contribution is 5.06. The van der Waals surface area contributed by atoms with Crippen LogP contribution in [0.15, 0.2) is 12.2 Å². The van der Waals surface area contributed by atoms with Crippen LogP contribution in [-0.2, 0) is 4.74 Å². The van der Waals surface area contributed by atoms with Gasteiger partial charge in [-0.15, -0.1) is 0 Å². The first-order valence-corrected chi connectivity index (χ1v) is 7.83. The van der Waals surface area contributed by atoms with Crippen LogP contribution in [0.1, 0.15) is 64.7 Å². The molecule has 0 aromatic carbocycles. The van der Waals surface area contributed by atoms with Crippen LogP contribution in [0.3, 0.4) is 0 Å². The fourth-order valence-electron chi connectivity index (χ4n) is 3.05. The predicted octanol–water partition coefficient (Wildman–Crippen LogP) is 3.83. The molecule has 18 heavy (non-hydrogen) atoms. The van der Waals surface area contributed by atoms with Gasteiger partial charge in [0.15, 0.2) is 0 Å². The van der Waals surface area contributed by atoms with E-state index in [1.807, 2.05) is 0 Å². The van der Waals surface area contributed by atoms with Crippen molar-refractivity contribution in [3.05, 3.63) is 12.2 Å². The fraction of sp³-hybridized carbons (Fsp3) is 0.875. The molecule has 2 heteroatoms. The van der Waals surface area contributed by atoms with Gasteiger partial charge in [-0.25, -0.2) is 0 Å². The van der Waals surface area contributed by atoms with E-state index < -0.39 is 0 Å². The Morgan fingerprint density at radius 2 is 2.00 bits per heavy atom. The summed E-state index contributed by atoms with van der Waals surface area (Å²) in [5.41, 5.74) is 0. The van der Waals surface area contributed by atoms with Crippen molar-refractivity contribution < 1.29 is 9.84 Å². The number of rotatable bonds is 7. The molecule has 3 atom stereocenters. The Morgan fingerprint density at radius 1 is 1.22 bits per heavy atom. The Bertz CT molecular complexity index is 256. The standard InChI is InChI=1S/C16H28O2/c1-2-3-4-5-9-12-14-16(18-14)15(17)13-10-7-6-8-11-13/h9,12-17H,2-8,10-11H2,1H3/b12-9+/t14-,15-,16-/m1/s1. The van der Waals surface area contributed by atoms with Crippen molar-refractivity contribution in [3.63, 3.8) is 0 Å². The van der Waals surface area contributed by atoms with Crippen molar-refractivity contribution in [2.24, 2.45) is 5.92 Å². The maximum absolute atomic E-state index is 10.3. The van der Waals surface area contributed by atoms with Crippen LogP contribution in [0.2, 0.25) is 0 Å². The van der Waals surface area contributed by atoms with Crippen LogP contribution >= 0.6 is 0 Å². The van der Waals surface area contributed by atoms with Crippen LogP contribution in [0, 0.1) is 5.92 Å². The Balaban J connectivity index is 1.63. The van der Waals surface area contributed by atoms with E-state index in [1.54, 1.807) is 0 Å². The normalized spacial score (nSPS) is 30.8. The third-order valence-corrected chi connectivity index (χ3v) is 4.33. The van der Waals surface area contributed by atoms with Crippen molar-refractivity contribution in [1.82, 2.24) is 0 Å². The Labute approximate surface area is 111 Å². The van der Waals surface area contributed by atoms with E-state index in [9.17, 15) is 5.11 Å². The lowest BCUT2D eigenvalue weighted by atomic mass is 9.83. The lowest BCUT2D eigenvalue weighted by Gasteiger charge is -2.25. The number of allylic oxidation sites excluding steroid dienone is 1. The molecular formula is C16H28O2. The topological polar surface area (TPSA) is 32.8 Å². The molecule has 2 rings (SSSR count). The molecule has 0 aromatic heterocycles. The molecule has 0 radical (unpaired) electrons. The van der Waals surface area contributed by atoms with E-state index in [4.69, 9.17) is 4.74 Å². The van der Waals surface area contributed by atoms with E-state index in [2.05, 4.69) is 19.1 Å². The smallest absolute Gasteiger partial charge is 0.114 e. The second kappa shape index (κ2) is 7.30. The minimum Gasteiger partial charge on any atom is -0.390 e. The number of epoxide rings is 1. The van der Waals surface area contributed by atoms with Crippen molar-refractivity contribution in [1.29, 1.82) is 0 Å². The predicted molar refractivity (Wildman–Crippen MR) is 74.5 cm³/mol. The molecule has 2 fully saturated rings. The van der Waals surface area contributed by atoms with Crippen LogP contribution < -0.4 is 0 Å². The van der Waals surface area contributed by atoms with Gasteiger partial charge in [0.25, 0.3) is 0 Å². The van der Waals surface area contributed by atoms with Gasteiger partial charge in [-0.05, 0) is 31.6 Å². The number of unbranched alkanes of at least 4 members (excludes halogenated alkanes) is 3. The van der Waals surface area contributed by atoms with E-state index in [0.29, 0.717) is 5.92 Å². The molecule has 1 aliphatic heterocycles. The zero-order valence-electron chi connectivity index (χ0n) is 11.7. The van der Waals surface area contributed by atoms with Crippen molar-refractivity contribution in [3.8, 4) is 0 Å². The molecule has 1 aliphatic carbocycles.